The lowest BCUT2D eigenvalue weighted by molar-refractivity contribution is 0.183. The minimum atomic E-state index is -0.284. The SMILES string of the molecule is CCCCCCCCCCCCCCCCCCC(O)CCl. The van der Waals surface area contributed by atoms with Gasteiger partial charge in [0, 0.05) is 5.88 Å². The average Bonchev–Trinajstić information content (AvgIpc) is 2.54. The molecule has 2 heteroatoms. The molecule has 0 saturated heterocycles. The highest BCUT2D eigenvalue weighted by atomic mass is 35.5. The highest BCUT2D eigenvalue weighted by Gasteiger charge is 2.00. The van der Waals surface area contributed by atoms with Gasteiger partial charge in [-0.1, -0.05) is 110 Å². The van der Waals surface area contributed by atoms with E-state index in [0.29, 0.717) is 5.88 Å². The summed E-state index contributed by atoms with van der Waals surface area (Å²) in [6, 6.07) is 0. The summed E-state index contributed by atoms with van der Waals surface area (Å²) in [6.45, 7) is 2.28. The summed E-state index contributed by atoms with van der Waals surface area (Å²) in [5, 5.41) is 9.34. The summed E-state index contributed by atoms with van der Waals surface area (Å²) in [7, 11) is 0. The molecule has 0 aromatic carbocycles. The van der Waals surface area contributed by atoms with Gasteiger partial charge in [0.05, 0.1) is 6.10 Å². The van der Waals surface area contributed by atoms with Gasteiger partial charge in [-0.15, -0.1) is 11.6 Å². The lowest BCUT2D eigenvalue weighted by Crippen LogP contribution is -2.07. The van der Waals surface area contributed by atoms with E-state index < -0.39 is 0 Å². The standard InChI is InChI=1S/C20H41ClO/c1-2-3-4-5-6-7-8-9-10-11-12-13-14-15-16-17-18-20(22)19-21/h20,22H,2-19H2,1H3. The van der Waals surface area contributed by atoms with E-state index in [1.807, 2.05) is 0 Å². The number of unbranched alkanes of at least 4 members (excludes halogenated alkanes) is 15. The Bertz CT molecular complexity index is 196. The zero-order valence-electron chi connectivity index (χ0n) is 15.1. The van der Waals surface area contributed by atoms with Gasteiger partial charge < -0.3 is 5.11 Å². The number of aliphatic hydroxyl groups is 1. The molecule has 0 aliphatic carbocycles. The Hall–Kier alpha value is 0.250. The van der Waals surface area contributed by atoms with E-state index in [2.05, 4.69) is 6.92 Å². The van der Waals surface area contributed by atoms with Gasteiger partial charge in [0.25, 0.3) is 0 Å². The minimum Gasteiger partial charge on any atom is -0.392 e. The molecule has 1 N–H and O–H groups in total. The monoisotopic (exact) mass is 332 g/mol. The molecule has 134 valence electrons. The first-order chi connectivity index (χ1) is 10.8. The van der Waals surface area contributed by atoms with Crippen LogP contribution < -0.4 is 0 Å². The summed E-state index contributed by atoms with van der Waals surface area (Å²) in [5.41, 5.74) is 0. The van der Waals surface area contributed by atoms with Crippen LogP contribution in [0, 0.1) is 0 Å². The zero-order chi connectivity index (χ0) is 16.3. The van der Waals surface area contributed by atoms with Crippen molar-refractivity contribution in [2.24, 2.45) is 0 Å². The molecular weight excluding hydrogens is 292 g/mol. The van der Waals surface area contributed by atoms with Crippen LogP contribution in [0.4, 0.5) is 0 Å². The Labute approximate surface area is 145 Å². The van der Waals surface area contributed by atoms with E-state index in [1.54, 1.807) is 0 Å². The Balaban J connectivity index is 2.97. The van der Waals surface area contributed by atoms with Gasteiger partial charge in [0.1, 0.15) is 0 Å². The zero-order valence-corrected chi connectivity index (χ0v) is 15.9. The molecule has 0 spiro atoms. The van der Waals surface area contributed by atoms with Crippen LogP contribution in [0.3, 0.4) is 0 Å². The number of alkyl halides is 1. The molecule has 0 rings (SSSR count). The van der Waals surface area contributed by atoms with Crippen molar-refractivity contribution >= 4 is 11.6 Å². The van der Waals surface area contributed by atoms with Crippen LogP contribution in [0.15, 0.2) is 0 Å². The smallest absolute Gasteiger partial charge is 0.0675 e. The molecule has 1 unspecified atom stereocenters. The van der Waals surface area contributed by atoms with Gasteiger partial charge in [-0.2, -0.15) is 0 Å². The molecule has 0 fully saturated rings. The predicted octanol–water partition coefficient (Wildman–Crippen LogP) is 7.24. The molecule has 0 amide bonds. The summed E-state index contributed by atoms with van der Waals surface area (Å²) in [5.74, 6) is 0.388. The lowest BCUT2D eigenvalue weighted by atomic mass is 10.0. The maximum atomic E-state index is 9.34. The van der Waals surface area contributed by atoms with E-state index in [4.69, 9.17) is 11.6 Å². The highest BCUT2D eigenvalue weighted by molar-refractivity contribution is 6.18. The quantitative estimate of drug-likeness (QED) is 0.207. The summed E-state index contributed by atoms with van der Waals surface area (Å²) >= 11 is 5.57. The first-order valence-electron chi connectivity index (χ1n) is 10.0. The van der Waals surface area contributed by atoms with Gasteiger partial charge in [-0.3, -0.25) is 0 Å². The fourth-order valence-corrected chi connectivity index (χ4v) is 3.16. The van der Waals surface area contributed by atoms with Crippen molar-refractivity contribution in [2.45, 2.75) is 122 Å². The first-order valence-corrected chi connectivity index (χ1v) is 10.6. The van der Waals surface area contributed by atoms with Crippen LogP contribution in [-0.2, 0) is 0 Å². The van der Waals surface area contributed by atoms with E-state index in [9.17, 15) is 5.11 Å². The summed E-state index contributed by atoms with van der Waals surface area (Å²) in [4.78, 5) is 0. The molecule has 1 nitrogen and oxygen atoms in total. The molecule has 0 bridgehead atoms. The molecule has 0 heterocycles. The third-order valence-electron chi connectivity index (χ3n) is 4.57. The molecule has 1 atom stereocenters. The van der Waals surface area contributed by atoms with Crippen LogP contribution in [0.1, 0.15) is 116 Å². The maximum absolute atomic E-state index is 9.34. The molecule has 0 aliphatic heterocycles. The van der Waals surface area contributed by atoms with Gasteiger partial charge in [0.2, 0.25) is 0 Å². The molecule has 0 radical (unpaired) electrons. The molecular formula is C20H41ClO. The highest BCUT2D eigenvalue weighted by Crippen LogP contribution is 2.14. The summed E-state index contributed by atoms with van der Waals surface area (Å²) < 4.78 is 0. The summed E-state index contributed by atoms with van der Waals surface area (Å²) in [6.07, 6.45) is 22.9. The van der Waals surface area contributed by atoms with Crippen molar-refractivity contribution < 1.29 is 5.11 Å². The third-order valence-corrected chi connectivity index (χ3v) is 4.93. The van der Waals surface area contributed by atoms with E-state index in [0.717, 1.165) is 12.8 Å². The van der Waals surface area contributed by atoms with Gasteiger partial charge in [0.15, 0.2) is 0 Å². The van der Waals surface area contributed by atoms with Gasteiger partial charge in [-0.05, 0) is 6.42 Å². The molecule has 0 aliphatic rings. The van der Waals surface area contributed by atoms with Crippen LogP contribution in [0.2, 0.25) is 0 Å². The third kappa shape index (κ3) is 18.3. The molecule has 0 saturated carbocycles. The predicted molar refractivity (Wildman–Crippen MR) is 101 cm³/mol. The fourth-order valence-electron chi connectivity index (χ4n) is 3.01. The van der Waals surface area contributed by atoms with Crippen LogP contribution in [-0.4, -0.2) is 17.1 Å². The van der Waals surface area contributed by atoms with Crippen LogP contribution in [0.25, 0.3) is 0 Å². The van der Waals surface area contributed by atoms with Crippen molar-refractivity contribution in [3.8, 4) is 0 Å². The largest absolute Gasteiger partial charge is 0.392 e. The number of hydrogen-bond donors (Lipinski definition) is 1. The normalized spacial score (nSPS) is 12.7. The van der Waals surface area contributed by atoms with Crippen LogP contribution in [0.5, 0.6) is 0 Å². The average molecular weight is 333 g/mol. The van der Waals surface area contributed by atoms with Crippen LogP contribution >= 0.6 is 11.6 Å². The molecule has 0 aromatic rings. The second-order valence-corrected chi connectivity index (χ2v) is 7.21. The molecule has 22 heavy (non-hydrogen) atoms. The Morgan fingerprint density at radius 1 is 0.591 bits per heavy atom. The number of halogens is 1. The molecule has 0 aromatic heterocycles. The van der Waals surface area contributed by atoms with Crippen molar-refractivity contribution in [3.05, 3.63) is 0 Å². The fraction of sp³-hybridized carbons (Fsp3) is 1.00. The van der Waals surface area contributed by atoms with Gasteiger partial charge in [-0.25, -0.2) is 0 Å². The van der Waals surface area contributed by atoms with E-state index in [-0.39, 0.29) is 6.10 Å². The maximum Gasteiger partial charge on any atom is 0.0675 e. The second-order valence-electron chi connectivity index (χ2n) is 6.90. The van der Waals surface area contributed by atoms with Gasteiger partial charge >= 0.3 is 0 Å². The van der Waals surface area contributed by atoms with Crippen molar-refractivity contribution in [1.82, 2.24) is 0 Å². The number of hydrogen-bond acceptors (Lipinski definition) is 1. The Morgan fingerprint density at radius 2 is 0.909 bits per heavy atom. The van der Waals surface area contributed by atoms with E-state index >= 15 is 0 Å². The first kappa shape index (κ1) is 22.2. The number of rotatable bonds is 18. The minimum absolute atomic E-state index is 0.284. The Kier molecular flexibility index (Phi) is 19.5. The number of aliphatic hydroxyl groups excluding tert-OH is 1. The topological polar surface area (TPSA) is 20.2 Å². The van der Waals surface area contributed by atoms with Crippen molar-refractivity contribution in [2.75, 3.05) is 5.88 Å². The van der Waals surface area contributed by atoms with Crippen molar-refractivity contribution in [3.63, 3.8) is 0 Å². The second kappa shape index (κ2) is 19.3. The lowest BCUT2D eigenvalue weighted by Gasteiger charge is -2.06. The van der Waals surface area contributed by atoms with Crippen molar-refractivity contribution in [1.29, 1.82) is 0 Å². The van der Waals surface area contributed by atoms with E-state index in [1.165, 1.54) is 96.3 Å². The Morgan fingerprint density at radius 3 is 1.23 bits per heavy atom.